The van der Waals surface area contributed by atoms with Gasteiger partial charge in [0.25, 0.3) is 0 Å². The molecule has 32 heavy (non-hydrogen) atoms. The van der Waals surface area contributed by atoms with Gasteiger partial charge in [-0.25, -0.2) is 0 Å². The van der Waals surface area contributed by atoms with Gasteiger partial charge in [0.15, 0.2) is 0 Å². The topological polar surface area (TPSA) is 43.7 Å². The first-order chi connectivity index (χ1) is 15.5. The number of para-hydroxylation sites is 2. The fourth-order valence-corrected chi connectivity index (χ4v) is 3.89. The number of nitrogens with zero attached hydrogens (tertiary/aromatic N) is 1. The Morgan fingerprint density at radius 3 is 1.19 bits per heavy atom. The summed E-state index contributed by atoms with van der Waals surface area (Å²) < 4.78 is 2.32. The zero-order chi connectivity index (χ0) is 22.9. The highest BCUT2D eigenvalue weighted by molar-refractivity contribution is 7.13. The molecule has 4 aromatic rings. The summed E-state index contributed by atoms with van der Waals surface area (Å²) >= 11 is 0. The molecule has 0 aromatic heterocycles. The molecule has 0 saturated heterocycles. The van der Waals surface area contributed by atoms with Crippen LogP contribution in [0.25, 0.3) is 11.1 Å². The van der Waals surface area contributed by atoms with Crippen molar-refractivity contribution < 1.29 is 10.2 Å². The maximum absolute atomic E-state index is 9.58. The average Bonchev–Trinajstić information content (AvgIpc) is 2.85. The van der Waals surface area contributed by atoms with Crippen molar-refractivity contribution in [2.75, 3.05) is 0 Å². The summed E-state index contributed by atoms with van der Waals surface area (Å²) in [5.74, 6) is 0.350. The van der Waals surface area contributed by atoms with E-state index < -0.39 is 0 Å². The Kier molecular flexibility index (Phi) is 8.44. The van der Waals surface area contributed by atoms with Gasteiger partial charge < -0.3 is 10.2 Å². The van der Waals surface area contributed by atoms with E-state index in [4.69, 9.17) is 0 Å². The second-order valence-corrected chi connectivity index (χ2v) is 8.25. The molecule has 2 N–H and O–H groups in total. The molecule has 0 saturated carbocycles. The normalized spacial score (nSPS) is 12.5. The molecule has 3 unspecified atom stereocenters. The van der Waals surface area contributed by atoms with Gasteiger partial charge in [-0.1, -0.05) is 106 Å². The summed E-state index contributed by atoms with van der Waals surface area (Å²) in [5, 5.41) is 19.2. The summed E-state index contributed by atoms with van der Waals surface area (Å²) in [7, 11) is 2.87. The van der Waals surface area contributed by atoms with Gasteiger partial charge in [0.1, 0.15) is 11.5 Å². The highest BCUT2D eigenvalue weighted by Gasteiger charge is 2.18. The van der Waals surface area contributed by atoms with E-state index in [-0.39, 0.29) is 11.5 Å². The minimum atomic E-state index is 0.175. The molecule has 4 heteroatoms. The first-order valence-corrected chi connectivity index (χ1v) is 11.2. The molecule has 0 aliphatic carbocycles. The molecule has 0 amide bonds. The van der Waals surface area contributed by atoms with Crippen LogP contribution in [0, 0.1) is 0 Å². The molecule has 3 atom stereocenters. The van der Waals surface area contributed by atoms with E-state index in [9.17, 15) is 10.2 Å². The molecule has 3 nitrogen and oxygen atoms in total. The Hall–Kier alpha value is -3.13. The molecule has 4 rings (SSSR count). The van der Waals surface area contributed by atoms with Gasteiger partial charge in [-0.3, -0.25) is 4.67 Å². The number of benzene rings is 4. The van der Waals surface area contributed by atoms with Crippen LogP contribution in [0.3, 0.4) is 0 Å². The van der Waals surface area contributed by atoms with Crippen LogP contribution in [0.2, 0.25) is 0 Å². The van der Waals surface area contributed by atoms with Crippen LogP contribution >= 0.6 is 9.39 Å². The first kappa shape index (κ1) is 23.5. The van der Waals surface area contributed by atoms with Crippen LogP contribution in [-0.2, 0) is 0 Å². The van der Waals surface area contributed by atoms with Crippen LogP contribution in [0.1, 0.15) is 37.1 Å². The smallest absolute Gasteiger partial charge is 0.123 e. The van der Waals surface area contributed by atoms with Gasteiger partial charge in [-0.2, -0.15) is 0 Å². The highest BCUT2D eigenvalue weighted by Crippen LogP contribution is 2.34. The lowest BCUT2D eigenvalue weighted by atomic mass is 10.0. The number of hydrogen-bond acceptors (Lipinski definition) is 3. The third-order valence-corrected chi connectivity index (χ3v) is 6.45. The molecule has 0 heterocycles. The molecule has 0 fully saturated rings. The molecule has 0 bridgehead atoms. The lowest BCUT2D eigenvalue weighted by molar-refractivity contribution is 0.310. The molecule has 0 aliphatic heterocycles. The SMILES string of the molecule is CC(c1ccccc1)N(P)C(C)c1ccccc1.Oc1ccccc1-c1ccccc1O. The van der Waals surface area contributed by atoms with Crippen molar-refractivity contribution in [3.63, 3.8) is 0 Å². The number of phenolic OH excluding ortho intramolecular Hbond substituents is 2. The lowest BCUT2D eigenvalue weighted by Crippen LogP contribution is -2.20. The lowest BCUT2D eigenvalue weighted by Gasteiger charge is -2.31. The predicted octanol–water partition coefficient (Wildman–Crippen LogP) is 7.37. The Balaban J connectivity index is 0.000000186. The van der Waals surface area contributed by atoms with Gasteiger partial charge in [-0.15, -0.1) is 0 Å². The maximum Gasteiger partial charge on any atom is 0.123 e. The van der Waals surface area contributed by atoms with Crippen LogP contribution < -0.4 is 0 Å². The number of aromatic hydroxyl groups is 2. The fourth-order valence-electron chi connectivity index (χ4n) is 3.55. The standard InChI is InChI=1S/C16H20NP.C12H10O2/c1-13(15-9-5-3-6-10-15)17(18)14(2)16-11-7-4-8-12-16;13-11-7-3-1-5-9(11)10-6-2-4-8-12(10)14/h3-14H,18H2,1-2H3;1-8,13-14H. The summed E-state index contributed by atoms with van der Waals surface area (Å²) in [6, 6.07) is 35.9. The number of rotatable bonds is 5. The third kappa shape index (κ3) is 5.97. The van der Waals surface area contributed by atoms with Crippen molar-refractivity contribution in [3.05, 3.63) is 120 Å². The van der Waals surface area contributed by atoms with Gasteiger partial charge >= 0.3 is 0 Å². The van der Waals surface area contributed by atoms with Crippen LogP contribution in [0.5, 0.6) is 11.5 Å². The van der Waals surface area contributed by atoms with E-state index >= 15 is 0 Å². The van der Waals surface area contributed by atoms with Gasteiger partial charge in [0.2, 0.25) is 0 Å². The zero-order valence-corrected chi connectivity index (χ0v) is 19.6. The van der Waals surface area contributed by atoms with E-state index in [0.29, 0.717) is 23.2 Å². The highest BCUT2D eigenvalue weighted by atomic mass is 31.0. The molecule has 4 aromatic carbocycles. The van der Waals surface area contributed by atoms with E-state index in [0.717, 1.165) is 0 Å². The van der Waals surface area contributed by atoms with E-state index in [1.54, 1.807) is 36.4 Å². The number of hydrogen-bond donors (Lipinski definition) is 2. The predicted molar refractivity (Wildman–Crippen MR) is 136 cm³/mol. The van der Waals surface area contributed by atoms with Crippen molar-refractivity contribution in [1.82, 2.24) is 4.67 Å². The summed E-state index contributed by atoms with van der Waals surface area (Å²) in [4.78, 5) is 0. The molecular formula is C28H30NO2P. The Bertz CT molecular complexity index is 1010. The second-order valence-electron chi connectivity index (χ2n) is 7.65. The Labute approximate surface area is 193 Å². The summed E-state index contributed by atoms with van der Waals surface area (Å²) in [5.41, 5.74) is 3.97. The second kappa shape index (κ2) is 11.5. The minimum Gasteiger partial charge on any atom is -0.507 e. The fraction of sp³-hybridized carbons (Fsp3) is 0.143. The molecule has 0 radical (unpaired) electrons. The van der Waals surface area contributed by atoms with E-state index in [2.05, 4.69) is 88.6 Å². The monoisotopic (exact) mass is 443 g/mol. The van der Waals surface area contributed by atoms with E-state index in [1.165, 1.54) is 11.1 Å². The van der Waals surface area contributed by atoms with Crippen molar-refractivity contribution in [2.45, 2.75) is 25.9 Å². The van der Waals surface area contributed by atoms with Crippen LogP contribution in [0.15, 0.2) is 109 Å². The third-order valence-electron chi connectivity index (χ3n) is 5.56. The maximum atomic E-state index is 9.58. The van der Waals surface area contributed by atoms with Crippen molar-refractivity contribution >= 4 is 9.39 Å². The van der Waals surface area contributed by atoms with Crippen molar-refractivity contribution in [1.29, 1.82) is 0 Å². The van der Waals surface area contributed by atoms with Crippen molar-refractivity contribution in [2.24, 2.45) is 0 Å². The van der Waals surface area contributed by atoms with Gasteiger partial charge in [-0.05, 0) is 37.1 Å². The quantitative estimate of drug-likeness (QED) is 0.317. The van der Waals surface area contributed by atoms with Crippen molar-refractivity contribution in [3.8, 4) is 22.6 Å². The minimum absolute atomic E-state index is 0.175. The largest absolute Gasteiger partial charge is 0.507 e. The Morgan fingerprint density at radius 1 is 0.531 bits per heavy atom. The van der Waals surface area contributed by atoms with Crippen LogP contribution in [0.4, 0.5) is 0 Å². The van der Waals surface area contributed by atoms with E-state index in [1.807, 2.05) is 12.1 Å². The summed E-state index contributed by atoms with van der Waals surface area (Å²) in [6.45, 7) is 4.48. The summed E-state index contributed by atoms with van der Waals surface area (Å²) in [6.07, 6.45) is 0. The van der Waals surface area contributed by atoms with Crippen LogP contribution in [-0.4, -0.2) is 14.9 Å². The molecule has 0 spiro atoms. The molecular weight excluding hydrogens is 413 g/mol. The van der Waals surface area contributed by atoms with Gasteiger partial charge in [0.05, 0.1) is 0 Å². The zero-order valence-electron chi connectivity index (χ0n) is 18.5. The average molecular weight is 444 g/mol. The number of phenols is 2. The van der Waals surface area contributed by atoms with Gasteiger partial charge in [0, 0.05) is 23.2 Å². The molecule has 164 valence electrons. The Morgan fingerprint density at radius 2 is 0.844 bits per heavy atom. The molecule has 0 aliphatic rings. The first-order valence-electron chi connectivity index (χ1n) is 10.7.